The van der Waals surface area contributed by atoms with E-state index in [0.29, 0.717) is 0 Å². The first-order chi connectivity index (χ1) is 8.45. The highest BCUT2D eigenvalue weighted by atomic mass is 16.6. The Hall–Kier alpha value is -1.55. The smallest absolute Gasteiger partial charge is 0.404 e. The molecule has 2 unspecified atom stereocenters. The van der Waals surface area contributed by atoms with E-state index in [9.17, 15) is 4.79 Å². The van der Waals surface area contributed by atoms with E-state index in [-0.39, 0.29) is 12.0 Å². The molecule has 0 aliphatic heterocycles. The number of carbonyl (C=O) groups excluding carboxylic acids is 1. The summed E-state index contributed by atoms with van der Waals surface area (Å²) in [5.41, 5.74) is 7.23. The van der Waals surface area contributed by atoms with Crippen LogP contribution in [0, 0.1) is 12.8 Å². The third-order valence-electron chi connectivity index (χ3n) is 2.83. The van der Waals surface area contributed by atoms with Crippen LogP contribution in [0.4, 0.5) is 4.79 Å². The fraction of sp³-hybridized carbons (Fsp3) is 0.500. The van der Waals surface area contributed by atoms with Crippen molar-refractivity contribution in [3.8, 4) is 0 Å². The second kappa shape index (κ2) is 6.40. The van der Waals surface area contributed by atoms with Gasteiger partial charge in [-0.15, -0.1) is 0 Å². The van der Waals surface area contributed by atoms with Crippen molar-refractivity contribution in [1.29, 1.82) is 0 Å². The molecular weight excluding hydrogens is 230 g/mol. The first-order valence-corrected chi connectivity index (χ1v) is 6.01. The highest BCUT2D eigenvalue weighted by molar-refractivity contribution is 5.64. The maximum Gasteiger partial charge on any atom is 0.404 e. The van der Waals surface area contributed by atoms with Crippen molar-refractivity contribution in [1.82, 2.24) is 0 Å². The van der Waals surface area contributed by atoms with Gasteiger partial charge in [0, 0.05) is 7.11 Å². The minimum Gasteiger partial charge on any atom is -0.443 e. The minimum atomic E-state index is -0.775. The summed E-state index contributed by atoms with van der Waals surface area (Å²) in [7, 11) is 1.60. The van der Waals surface area contributed by atoms with E-state index in [4.69, 9.17) is 15.2 Å². The van der Waals surface area contributed by atoms with Crippen LogP contribution in [-0.2, 0) is 9.47 Å². The van der Waals surface area contributed by atoms with Crippen LogP contribution in [0.1, 0.15) is 31.1 Å². The van der Waals surface area contributed by atoms with Crippen LogP contribution in [0.15, 0.2) is 24.3 Å². The van der Waals surface area contributed by atoms with Crippen LogP contribution in [0.2, 0.25) is 0 Å². The third kappa shape index (κ3) is 3.74. The van der Waals surface area contributed by atoms with E-state index in [2.05, 4.69) is 0 Å². The van der Waals surface area contributed by atoms with Crippen LogP contribution >= 0.6 is 0 Å². The predicted octanol–water partition coefficient (Wildman–Crippen LogP) is 2.80. The lowest BCUT2D eigenvalue weighted by Gasteiger charge is -2.28. The summed E-state index contributed by atoms with van der Waals surface area (Å²) in [5.74, 6) is 0.114. The van der Waals surface area contributed by atoms with Crippen molar-refractivity contribution in [3.05, 3.63) is 35.4 Å². The highest BCUT2D eigenvalue weighted by Gasteiger charge is 2.29. The number of aryl methyl sites for hydroxylation is 1. The molecule has 18 heavy (non-hydrogen) atoms. The highest BCUT2D eigenvalue weighted by Crippen LogP contribution is 2.28. The number of hydrogen-bond donors (Lipinski definition) is 1. The fourth-order valence-corrected chi connectivity index (χ4v) is 1.99. The van der Waals surface area contributed by atoms with Gasteiger partial charge in [0.05, 0.1) is 0 Å². The van der Waals surface area contributed by atoms with Gasteiger partial charge in [0.15, 0.2) is 0 Å². The Morgan fingerprint density at radius 2 is 2.00 bits per heavy atom. The molecule has 100 valence electrons. The zero-order valence-electron chi connectivity index (χ0n) is 11.3. The molecule has 0 fully saturated rings. The van der Waals surface area contributed by atoms with Crippen molar-refractivity contribution < 1.29 is 14.3 Å². The molecule has 0 saturated carbocycles. The van der Waals surface area contributed by atoms with Crippen molar-refractivity contribution in [3.63, 3.8) is 0 Å². The molecule has 1 aromatic rings. The van der Waals surface area contributed by atoms with E-state index in [1.165, 1.54) is 0 Å². The minimum absolute atomic E-state index is 0.114. The van der Waals surface area contributed by atoms with Crippen molar-refractivity contribution >= 4 is 6.09 Å². The molecule has 2 atom stereocenters. The summed E-state index contributed by atoms with van der Waals surface area (Å²) < 4.78 is 10.7. The number of benzene rings is 1. The summed E-state index contributed by atoms with van der Waals surface area (Å²) in [6.07, 6.45) is -1.48. The van der Waals surface area contributed by atoms with E-state index < -0.39 is 12.2 Å². The Balaban J connectivity index is 3.01. The monoisotopic (exact) mass is 251 g/mol. The first kappa shape index (κ1) is 14.5. The molecule has 0 spiro atoms. The largest absolute Gasteiger partial charge is 0.443 e. The second-order valence-corrected chi connectivity index (χ2v) is 4.72. The summed E-state index contributed by atoms with van der Waals surface area (Å²) in [5, 5.41) is 0. The van der Waals surface area contributed by atoms with Crippen LogP contribution < -0.4 is 5.73 Å². The quantitative estimate of drug-likeness (QED) is 0.875. The average molecular weight is 251 g/mol. The topological polar surface area (TPSA) is 61.6 Å². The van der Waals surface area contributed by atoms with Crippen LogP contribution in [0.3, 0.4) is 0 Å². The Morgan fingerprint density at radius 3 is 2.44 bits per heavy atom. The van der Waals surface area contributed by atoms with Gasteiger partial charge in [-0.2, -0.15) is 0 Å². The number of ether oxygens (including phenoxy) is 2. The summed E-state index contributed by atoms with van der Waals surface area (Å²) in [6.45, 7) is 5.94. The van der Waals surface area contributed by atoms with Gasteiger partial charge in [-0.25, -0.2) is 4.79 Å². The lowest BCUT2D eigenvalue weighted by Crippen LogP contribution is -2.33. The second-order valence-electron chi connectivity index (χ2n) is 4.72. The summed E-state index contributed by atoms with van der Waals surface area (Å²) >= 11 is 0. The Bertz CT molecular complexity index is 404. The lowest BCUT2D eigenvalue weighted by atomic mass is 9.95. The number of carbonyl (C=O) groups is 1. The molecular formula is C14H21NO3. The number of methoxy groups -OCH3 is 1. The molecule has 0 bridgehead atoms. The molecule has 1 rings (SSSR count). The molecule has 0 radical (unpaired) electrons. The standard InChI is InChI=1S/C14H21NO3/c1-9(2)12(18-14(15)16)13(17-4)11-7-5-6-10(3)8-11/h5-9,12-13H,1-4H3,(H2,15,16). The number of nitrogens with two attached hydrogens (primary N) is 1. The molecule has 0 aliphatic rings. The average Bonchev–Trinajstić information content (AvgIpc) is 2.28. The summed E-state index contributed by atoms with van der Waals surface area (Å²) in [4.78, 5) is 11.0. The Labute approximate surface area is 108 Å². The van der Waals surface area contributed by atoms with Gasteiger partial charge >= 0.3 is 6.09 Å². The molecule has 0 aromatic heterocycles. The first-order valence-electron chi connectivity index (χ1n) is 6.01. The van der Waals surface area contributed by atoms with E-state index in [0.717, 1.165) is 11.1 Å². The van der Waals surface area contributed by atoms with Gasteiger partial charge in [-0.05, 0) is 18.4 Å². The van der Waals surface area contributed by atoms with Gasteiger partial charge in [0.1, 0.15) is 12.2 Å². The molecule has 0 saturated heterocycles. The maximum atomic E-state index is 11.0. The third-order valence-corrected chi connectivity index (χ3v) is 2.83. The van der Waals surface area contributed by atoms with Crippen molar-refractivity contribution in [2.75, 3.05) is 7.11 Å². The molecule has 1 amide bonds. The number of rotatable bonds is 5. The zero-order chi connectivity index (χ0) is 13.7. The van der Waals surface area contributed by atoms with E-state index in [1.807, 2.05) is 45.0 Å². The number of primary amides is 1. The molecule has 4 nitrogen and oxygen atoms in total. The van der Waals surface area contributed by atoms with E-state index >= 15 is 0 Å². The normalized spacial score (nSPS) is 14.3. The molecule has 4 heteroatoms. The summed E-state index contributed by atoms with van der Waals surface area (Å²) in [6, 6.07) is 7.95. The number of hydrogen-bond acceptors (Lipinski definition) is 3. The van der Waals surface area contributed by atoms with Crippen molar-refractivity contribution in [2.45, 2.75) is 33.0 Å². The van der Waals surface area contributed by atoms with Crippen LogP contribution in [0.25, 0.3) is 0 Å². The van der Waals surface area contributed by atoms with E-state index in [1.54, 1.807) is 7.11 Å². The van der Waals surface area contributed by atoms with Gasteiger partial charge in [-0.1, -0.05) is 43.7 Å². The Kier molecular flexibility index (Phi) is 5.16. The SMILES string of the molecule is COC(c1cccc(C)c1)C(OC(N)=O)C(C)C. The van der Waals surface area contributed by atoms with Gasteiger partial charge in [0.2, 0.25) is 0 Å². The number of amides is 1. The van der Waals surface area contributed by atoms with Gasteiger partial charge < -0.3 is 15.2 Å². The van der Waals surface area contributed by atoms with Gasteiger partial charge in [0.25, 0.3) is 0 Å². The van der Waals surface area contributed by atoms with Crippen LogP contribution in [0.5, 0.6) is 0 Å². The molecule has 1 aromatic carbocycles. The predicted molar refractivity (Wildman–Crippen MR) is 70.2 cm³/mol. The van der Waals surface area contributed by atoms with Crippen LogP contribution in [-0.4, -0.2) is 19.3 Å². The molecule has 0 heterocycles. The maximum absolute atomic E-state index is 11.0. The zero-order valence-corrected chi connectivity index (χ0v) is 11.3. The Morgan fingerprint density at radius 1 is 1.33 bits per heavy atom. The van der Waals surface area contributed by atoms with Crippen molar-refractivity contribution in [2.24, 2.45) is 11.7 Å². The lowest BCUT2D eigenvalue weighted by molar-refractivity contribution is -0.0424. The fourth-order valence-electron chi connectivity index (χ4n) is 1.99. The molecule has 0 aliphatic carbocycles. The molecule has 2 N–H and O–H groups in total. The van der Waals surface area contributed by atoms with Gasteiger partial charge in [-0.3, -0.25) is 0 Å².